The molecule has 2 rings (SSSR count). The van der Waals surface area contributed by atoms with Crippen LogP contribution in [0.5, 0.6) is 0 Å². The van der Waals surface area contributed by atoms with Gasteiger partial charge in [0.15, 0.2) is 0 Å². The Morgan fingerprint density at radius 3 is 3.00 bits per heavy atom. The largest absolute Gasteiger partial charge is 0.375 e. The van der Waals surface area contributed by atoms with Crippen LogP contribution in [0.4, 0.5) is 5.82 Å². The lowest BCUT2D eigenvalue weighted by Crippen LogP contribution is -2.52. The van der Waals surface area contributed by atoms with Gasteiger partial charge < -0.3 is 9.64 Å². The number of hydrogen-bond donors (Lipinski definition) is 0. The van der Waals surface area contributed by atoms with Gasteiger partial charge in [-0.25, -0.2) is 4.98 Å². The minimum absolute atomic E-state index is 0.334. The zero-order chi connectivity index (χ0) is 9.97. The zero-order valence-corrected chi connectivity index (χ0v) is 8.74. The molecular weight excluding hydrogens is 202 g/mol. The van der Waals surface area contributed by atoms with Gasteiger partial charge in [-0.05, 0) is 6.92 Å². The van der Waals surface area contributed by atoms with Crippen LogP contribution in [0.3, 0.4) is 0 Å². The lowest BCUT2D eigenvalue weighted by atomic mass is 10.2. The maximum Gasteiger partial charge on any atom is 0.149 e. The van der Waals surface area contributed by atoms with E-state index in [-0.39, 0.29) is 0 Å². The second kappa shape index (κ2) is 4.11. The molecule has 0 unspecified atom stereocenters. The maximum absolute atomic E-state index is 5.74. The fourth-order valence-corrected chi connectivity index (χ4v) is 1.59. The molecule has 1 aliphatic heterocycles. The second-order valence-electron chi connectivity index (χ2n) is 3.18. The molecular formula is C9H12ClN3O. The summed E-state index contributed by atoms with van der Waals surface area (Å²) in [4.78, 5) is 10.2. The number of rotatable bonds is 3. The van der Waals surface area contributed by atoms with Crippen molar-refractivity contribution in [2.45, 2.75) is 13.0 Å². The minimum atomic E-state index is 0.334. The fourth-order valence-electron chi connectivity index (χ4n) is 1.45. The molecule has 1 fully saturated rings. The first-order valence-electron chi connectivity index (χ1n) is 4.63. The van der Waals surface area contributed by atoms with Crippen molar-refractivity contribution >= 4 is 17.4 Å². The van der Waals surface area contributed by atoms with Gasteiger partial charge in [-0.1, -0.05) is 11.6 Å². The van der Waals surface area contributed by atoms with Crippen LogP contribution in [0.2, 0.25) is 5.15 Å². The van der Waals surface area contributed by atoms with Crippen molar-refractivity contribution in [1.29, 1.82) is 0 Å². The van der Waals surface area contributed by atoms with Crippen molar-refractivity contribution < 1.29 is 4.74 Å². The number of hydrogen-bond acceptors (Lipinski definition) is 4. The number of ether oxygens (including phenoxy) is 1. The van der Waals surface area contributed by atoms with E-state index in [9.17, 15) is 0 Å². The second-order valence-corrected chi connectivity index (χ2v) is 3.57. The molecule has 1 saturated heterocycles. The minimum Gasteiger partial charge on any atom is -0.375 e. The van der Waals surface area contributed by atoms with Crippen LogP contribution in [0.25, 0.3) is 0 Å². The summed E-state index contributed by atoms with van der Waals surface area (Å²) in [5.41, 5.74) is 0. The summed E-state index contributed by atoms with van der Waals surface area (Å²) in [5, 5.41) is 0.433. The SMILES string of the molecule is CCOC1CN(c2cncc(Cl)n2)C1. The molecule has 0 bridgehead atoms. The average molecular weight is 214 g/mol. The Morgan fingerprint density at radius 1 is 1.57 bits per heavy atom. The fraction of sp³-hybridized carbons (Fsp3) is 0.556. The van der Waals surface area contributed by atoms with E-state index in [1.165, 1.54) is 6.20 Å². The van der Waals surface area contributed by atoms with Gasteiger partial charge in [0.05, 0.1) is 18.5 Å². The summed E-state index contributed by atoms with van der Waals surface area (Å²) in [6.45, 7) is 4.52. The van der Waals surface area contributed by atoms with Crippen LogP contribution in [-0.2, 0) is 4.74 Å². The zero-order valence-electron chi connectivity index (χ0n) is 7.98. The topological polar surface area (TPSA) is 38.2 Å². The molecule has 1 aromatic rings. The van der Waals surface area contributed by atoms with Crippen molar-refractivity contribution in [3.05, 3.63) is 17.5 Å². The molecule has 0 atom stereocenters. The van der Waals surface area contributed by atoms with E-state index >= 15 is 0 Å². The van der Waals surface area contributed by atoms with Gasteiger partial charge in [-0.15, -0.1) is 0 Å². The molecule has 0 radical (unpaired) electrons. The summed E-state index contributed by atoms with van der Waals surface area (Å²) in [6.07, 6.45) is 3.58. The Balaban J connectivity index is 1.93. The predicted octanol–water partition coefficient (Wildman–Crippen LogP) is 1.36. The lowest BCUT2D eigenvalue weighted by Gasteiger charge is -2.39. The van der Waals surface area contributed by atoms with Crippen LogP contribution in [-0.4, -0.2) is 35.8 Å². The molecule has 0 saturated carbocycles. The van der Waals surface area contributed by atoms with Crippen molar-refractivity contribution in [2.75, 3.05) is 24.6 Å². The molecule has 0 aromatic carbocycles. The Bertz CT molecular complexity index is 315. The Labute approximate surface area is 87.9 Å². The summed E-state index contributed by atoms with van der Waals surface area (Å²) in [6, 6.07) is 0. The molecule has 1 aliphatic rings. The van der Waals surface area contributed by atoms with E-state index in [4.69, 9.17) is 16.3 Å². The number of anilines is 1. The van der Waals surface area contributed by atoms with Crippen LogP contribution in [0.15, 0.2) is 12.4 Å². The summed E-state index contributed by atoms with van der Waals surface area (Å²) < 4.78 is 5.44. The third-order valence-corrected chi connectivity index (χ3v) is 2.35. The van der Waals surface area contributed by atoms with Gasteiger partial charge in [-0.2, -0.15) is 0 Å². The van der Waals surface area contributed by atoms with E-state index in [1.54, 1.807) is 6.20 Å². The Kier molecular flexibility index (Phi) is 2.84. The van der Waals surface area contributed by atoms with E-state index < -0.39 is 0 Å². The van der Waals surface area contributed by atoms with Crippen molar-refractivity contribution in [2.24, 2.45) is 0 Å². The molecule has 1 aromatic heterocycles. The first kappa shape index (κ1) is 9.68. The maximum atomic E-state index is 5.74. The molecule has 4 nitrogen and oxygen atoms in total. The third-order valence-electron chi connectivity index (χ3n) is 2.17. The van der Waals surface area contributed by atoms with E-state index in [2.05, 4.69) is 14.9 Å². The van der Waals surface area contributed by atoms with Gasteiger partial charge in [0.2, 0.25) is 0 Å². The molecule has 2 heterocycles. The standard InChI is InChI=1S/C9H12ClN3O/c1-2-14-7-5-13(6-7)9-4-11-3-8(10)12-9/h3-4,7H,2,5-6H2,1H3. The summed E-state index contributed by atoms with van der Waals surface area (Å²) in [5.74, 6) is 0.827. The van der Waals surface area contributed by atoms with Gasteiger partial charge in [0, 0.05) is 19.7 Å². The monoisotopic (exact) mass is 213 g/mol. The van der Waals surface area contributed by atoms with E-state index in [0.717, 1.165) is 25.5 Å². The number of nitrogens with zero attached hydrogens (tertiary/aromatic N) is 3. The highest BCUT2D eigenvalue weighted by atomic mass is 35.5. The van der Waals surface area contributed by atoms with Gasteiger partial charge in [-0.3, -0.25) is 4.98 Å². The molecule has 5 heteroatoms. The Hall–Kier alpha value is -0.870. The Morgan fingerprint density at radius 2 is 2.36 bits per heavy atom. The lowest BCUT2D eigenvalue weighted by molar-refractivity contribution is 0.0427. The van der Waals surface area contributed by atoms with Crippen LogP contribution < -0.4 is 4.90 Å². The first-order valence-corrected chi connectivity index (χ1v) is 5.01. The average Bonchev–Trinajstić information content (AvgIpc) is 2.10. The molecule has 0 aliphatic carbocycles. The summed E-state index contributed by atoms with van der Waals surface area (Å²) >= 11 is 5.74. The van der Waals surface area contributed by atoms with Crippen molar-refractivity contribution in [3.63, 3.8) is 0 Å². The highest BCUT2D eigenvalue weighted by Crippen LogP contribution is 2.20. The molecule has 0 N–H and O–H groups in total. The van der Waals surface area contributed by atoms with Crippen LogP contribution in [0.1, 0.15) is 6.92 Å². The smallest absolute Gasteiger partial charge is 0.149 e. The predicted molar refractivity (Wildman–Crippen MR) is 54.7 cm³/mol. The molecule has 0 amide bonds. The van der Waals surface area contributed by atoms with Gasteiger partial charge in [0.25, 0.3) is 0 Å². The molecule has 0 spiro atoms. The quantitative estimate of drug-likeness (QED) is 0.760. The number of aromatic nitrogens is 2. The summed E-state index contributed by atoms with van der Waals surface area (Å²) in [7, 11) is 0. The van der Waals surface area contributed by atoms with Crippen molar-refractivity contribution in [3.8, 4) is 0 Å². The first-order chi connectivity index (χ1) is 6.79. The van der Waals surface area contributed by atoms with Crippen LogP contribution >= 0.6 is 11.6 Å². The molecule has 76 valence electrons. The van der Waals surface area contributed by atoms with Crippen LogP contribution in [0, 0.1) is 0 Å². The van der Waals surface area contributed by atoms with Gasteiger partial charge >= 0.3 is 0 Å². The molecule has 14 heavy (non-hydrogen) atoms. The van der Waals surface area contributed by atoms with Crippen molar-refractivity contribution in [1.82, 2.24) is 9.97 Å². The van der Waals surface area contributed by atoms with E-state index in [0.29, 0.717) is 11.3 Å². The van der Waals surface area contributed by atoms with E-state index in [1.807, 2.05) is 6.92 Å². The third kappa shape index (κ3) is 1.96. The number of halogens is 1. The highest BCUT2D eigenvalue weighted by molar-refractivity contribution is 6.29. The normalized spacial score (nSPS) is 16.9. The highest BCUT2D eigenvalue weighted by Gasteiger charge is 2.28. The van der Waals surface area contributed by atoms with Gasteiger partial charge in [0.1, 0.15) is 11.0 Å².